The summed E-state index contributed by atoms with van der Waals surface area (Å²) >= 11 is 0. The summed E-state index contributed by atoms with van der Waals surface area (Å²) in [6, 6.07) is -1.76. The molecular formula is C41H73NO25. The molecule has 1 amide bonds. The number of rotatable bonds is 22. The lowest BCUT2D eigenvalue weighted by atomic mass is 9.82. The number of nitrogens with one attached hydrogen (secondary N) is 1. The lowest BCUT2D eigenvalue weighted by Gasteiger charge is -2.49. The van der Waals surface area contributed by atoms with Gasteiger partial charge in [0.2, 0.25) is 5.91 Å². The van der Waals surface area contributed by atoms with Gasteiger partial charge in [-0.2, -0.15) is 0 Å². The van der Waals surface area contributed by atoms with E-state index in [1.54, 1.807) is 19.9 Å². The van der Waals surface area contributed by atoms with Crippen molar-refractivity contribution in [3.8, 4) is 0 Å². The number of amides is 1. The Bertz CT molecular complexity index is 1530. The van der Waals surface area contributed by atoms with Crippen LogP contribution in [-0.4, -0.2) is 257 Å². The minimum Gasteiger partial charge on any atom is -0.394 e. The Balaban J connectivity index is 1.61. The van der Waals surface area contributed by atoms with Gasteiger partial charge in [0.05, 0.1) is 44.2 Å². The van der Waals surface area contributed by atoms with Gasteiger partial charge in [0.1, 0.15) is 91.5 Å². The van der Waals surface area contributed by atoms with Gasteiger partial charge in [-0.3, -0.25) is 4.79 Å². The van der Waals surface area contributed by atoms with Crippen LogP contribution in [0, 0.1) is 5.41 Å². The summed E-state index contributed by atoms with van der Waals surface area (Å²) in [5.74, 6) is -0.835. The van der Waals surface area contributed by atoms with E-state index >= 15 is 0 Å². The molecular weight excluding hydrogens is 906 g/mol. The summed E-state index contributed by atoms with van der Waals surface area (Å²) in [6.45, 7) is 11.3. The molecule has 0 bridgehead atoms. The summed E-state index contributed by atoms with van der Waals surface area (Å²) in [7, 11) is 0. The molecule has 4 aliphatic rings. The molecule has 0 aromatic carbocycles. The summed E-state index contributed by atoms with van der Waals surface area (Å²) in [5.41, 5.74) is -1.38. The second-order valence-corrected chi connectivity index (χ2v) is 18.6. The van der Waals surface area contributed by atoms with Crippen LogP contribution in [-0.2, 0) is 52.2 Å². The van der Waals surface area contributed by atoms with Crippen molar-refractivity contribution in [2.45, 2.75) is 208 Å². The Labute approximate surface area is 387 Å². The monoisotopic (exact) mass is 979 g/mol. The van der Waals surface area contributed by atoms with Gasteiger partial charge in [0.15, 0.2) is 43.8 Å². The first-order valence-electron chi connectivity index (χ1n) is 22.0. The molecule has 0 radical (unpaired) electrons. The zero-order valence-electron chi connectivity index (χ0n) is 38.4. The van der Waals surface area contributed by atoms with E-state index in [0.717, 1.165) is 6.92 Å². The van der Waals surface area contributed by atoms with Crippen LogP contribution in [0.5, 0.6) is 0 Å². The number of aliphatic hydroxyl groups excluding tert-OH is 14. The molecule has 0 spiro atoms. The van der Waals surface area contributed by atoms with Crippen molar-refractivity contribution in [3.05, 3.63) is 12.7 Å². The maximum absolute atomic E-state index is 12.7. The van der Waals surface area contributed by atoms with E-state index in [1.165, 1.54) is 13.8 Å². The average Bonchev–Trinajstić information content (AvgIpc) is 3.27. The van der Waals surface area contributed by atoms with Crippen LogP contribution in [0.2, 0.25) is 0 Å². The van der Waals surface area contributed by atoms with E-state index < -0.39 is 191 Å². The smallest absolute Gasteiger partial charge is 0.217 e. The molecule has 0 aromatic heterocycles. The third-order valence-electron chi connectivity index (χ3n) is 11.9. The number of ether oxygens (including phenoxy) is 10. The number of hydrogen-bond donors (Lipinski definition) is 15. The third kappa shape index (κ3) is 14.2. The molecule has 13 unspecified atom stereocenters. The summed E-state index contributed by atoms with van der Waals surface area (Å²) in [4.78, 5) is 12.7. The normalized spacial score (nSPS) is 41.8. The molecule has 0 saturated carbocycles. The van der Waals surface area contributed by atoms with Crippen molar-refractivity contribution in [2.24, 2.45) is 5.41 Å². The van der Waals surface area contributed by atoms with Crippen LogP contribution < -0.4 is 5.32 Å². The predicted octanol–water partition coefficient (Wildman–Crippen LogP) is -6.75. The highest BCUT2D eigenvalue weighted by Gasteiger charge is 2.56. The van der Waals surface area contributed by atoms with Gasteiger partial charge in [-0.25, -0.2) is 0 Å². The number of allylic oxidation sites excluding steroid dienone is 1. The first kappa shape index (κ1) is 57.8. The van der Waals surface area contributed by atoms with Crippen LogP contribution in [0.1, 0.15) is 54.9 Å². The number of hydrogen-bond acceptors (Lipinski definition) is 25. The van der Waals surface area contributed by atoms with Gasteiger partial charge in [0, 0.05) is 6.92 Å². The van der Waals surface area contributed by atoms with Crippen LogP contribution in [0.25, 0.3) is 0 Å². The minimum atomic E-state index is -2.50. The van der Waals surface area contributed by atoms with Crippen molar-refractivity contribution in [2.75, 3.05) is 26.4 Å². The molecule has 4 fully saturated rings. The highest BCUT2D eigenvalue weighted by molar-refractivity contribution is 5.73. The fraction of sp³-hybridized carbons (Fsp3) is 0.927. The zero-order chi connectivity index (χ0) is 50.5. The number of carbonyl (C=O) groups is 1. The standard InChI is InChI=1S/C41H73NO25/c1-9-40(5,6)14-41(7,8)67-38-29(55)27(53)31(20(13-46)62-38)63-37(58-15(2)10-43)30(56)34(57)66-35-21(42-17(4)47)32(24(50)19(12-45)60-35)64-39-33(26(52)23(49)18(11-44)61-39)65-36-28(54)25(51)22(48)16(3)59-36/h9,15-16,18-39,43-46,48-57H,1,10-14H2,2-8H3,(H,42,47)/t15?,16?,18?,19?,20?,21?,22-,23+,24+,25?,26?,27?,28?,29?,30+,31+,32?,33?,34+,35+,36+,37-,38+,39+/m1/s1. The van der Waals surface area contributed by atoms with E-state index in [9.17, 15) is 76.3 Å². The molecule has 67 heavy (non-hydrogen) atoms. The second-order valence-electron chi connectivity index (χ2n) is 18.6. The molecule has 4 heterocycles. The van der Waals surface area contributed by atoms with Crippen molar-refractivity contribution >= 4 is 5.91 Å². The molecule has 392 valence electrons. The molecule has 4 rings (SSSR count). The first-order chi connectivity index (χ1) is 31.2. The van der Waals surface area contributed by atoms with Gasteiger partial charge in [-0.1, -0.05) is 19.9 Å². The summed E-state index contributed by atoms with van der Waals surface area (Å²) in [6.07, 6.45) is -39.5. The molecule has 26 heteroatoms. The molecule has 24 atom stereocenters. The average molecular weight is 980 g/mol. The summed E-state index contributed by atoms with van der Waals surface area (Å²) in [5, 5.41) is 153. The van der Waals surface area contributed by atoms with Gasteiger partial charge >= 0.3 is 0 Å². The minimum absolute atomic E-state index is 0.395. The van der Waals surface area contributed by atoms with Crippen molar-refractivity contribution < 1.29 is 124 Å². The van der Waals surface area contributed by atoms with Crippen molar-refractivity contribution in [1.82, 2.24) is 5.32 Å². The van der Waals surface area contributed by atoms with Gasteiger partial charge in [-0.15, -0.1) is 6.58 Å². The maximum Gasteiger partial charge on any atom is 0.217 e. The lowest BCUT2D eigenvalue weighted by molar-refractivity contribution is -0.389. The Morgan fingerprint density at radius 2 is 1.21 bits per heavy atom. The molecule has 4 saturated heterocycles. The van der Waals surface area contributed by atoms with E-state index in [-0.39, 0.29) is 0 Å². The van der Waals surface area contributed by atoms with Gasteiger partial charge in [0.25, 0.3) is 0 Å². The second kappa shape index (κ2) is 24.6. The van der Waals surface area contributed by atoms with E-state index in [2.05, 4.69) is 11.9 Å². The predicted molar refractivity (Wildman–Crippen MR) is 220 cm³/mol. The van der Waals surface area contributed by atoms with E-state index in [1.807, 2.05) is 13.8 Å². The van der Waals surface area contributed by atoms with E-state index in [0.29, 0.717) is 6.42 Å². The van der Waals surface area contributed by atoms with Gasteiger partial charge in [-0.05, 0) is 39.5 Å². The topological polar surface area (TPSA) is 405 Å². The Kier molecular flexibility index (Phi) is 21.2. The van der Waals surface area contributed by atoms with Crippen molar-refractivity contribution in [1.29, 1.82) is 0 Å². The van der Waals surface area contributed by atoms with Crippen LogP contribution in [0.15, 0.2) is 12.7 Å². The third-order valence-corrected chi connectivity index (χ3v) is 11.9. The molecule has 0 aromatic rings. The van der Waals surface area contributed by atoms with Crippen molar-refractivity contribution in [3.63, 3.8) is 0 Å². The lowest BCUT2D eigenvalue weighted by Crippen LogP contribution is -2.69. The Hall–Kier alpha value is -1.75. The maximum atomic E-state index is 12.7. The summed E-state index contributed by atoms with van der Waals surface area (Å²) < 4.78 is 57.7. The Morgan fingerprint density at radius 1 is 0.672 bits per heavy atom. The number of carbonyl (C=O) groups excluding carboxylic acids is 1. The molecule has 15 N–H and O–H groups in total. The SMILES string of the molecule is C=CC(C)(C)CC(C)(C)O[C@@H]1OC(CO)[C@H](O[C@@H](OC(C)CO)[C@@H](O)[C@@H](O)O[C@@H]2OC(CO)[C@H](O)C(O[C@@H]3OC(CO)[C@H](O)C(O)C3O[C@@H]3OC(C)[C@@H](O)C(O)C3O)C2NC(C)=O)C(O)C1O. The highest BCUT2D eigenvalue weighted by atomic mass is 16.8. The zero-order valence-corrected chi connectivity index (χ0v) is 38.4. The number of aliphatic hydroxyl groups is 14. The van der Waals surface area contributed by atoms with Crippen LogP contribution in [0.4, 0.5) is 0 Å². The van der Waals surface area contributed by atoms with Gasteiger partial charge < -0.3 is 124 Å². The molecule has 26 nitrogen and oxygen atoms in total. The largest absolute Gasteiger partial charge is 0.394 e. The fourth-order valence-corrected chi connectivity index (χ4v) is 8.30. The first-order valence-corrected chi connectivity index (χ1v) is 22.0. The molecule has 4 aliphatic heterocycles. The molecule has 0 aliphatic carbocycles. The van der Waals surface area contributed by atoms with Crippen LogP contribution in [0.3, 0.4) is 0 Å². The highest BCUT2D eigenvalue weighted by Crippen LogP contribution is 2.37. The van der Waals surface area contributed by atoms with Crippen LogP contribution >= 0.6 is 0 Å². The van der Waals surface area contributed by atoms with E-state index in [4.69, 9.17) is 47.4 Å². The quantitative estimate of drug-likeness (QED) is 0.0354. The fourth-order valence-electron chi connectivity index (χ4n) is 8.30. The Morgan fingerprint density at radius 3 is 1.78 bits per heavy atom.